The summed E-state index contributed by atoms with van der Waals surface area (Å²) in [6, 6.07) is 0. The van der Waals surface area contributed by atoms with Gasteiger partial charge >= 0.3 is 0 Å². The van der Waals surface area contributed by atoms with Crippen LogP contribution in [0.15, 0.2) is 6.33 Å². The Morgan fingerprint density at radius 1 is 1.10 bits per heavy atom. The summed E-state index contributed by atoms with van der Waals surface area (Å²) in [6.07, 6.45) is 1.59. The molecule has 5 nitrogen and oxygen atoms in total. The fourth-order valence-electron chi connectivity index (χ4n) is 2.22. The number of nitrogens with two attached hydrogens (primary N) is 1. The van der Waals surface area contributed by atoms with Gasteiger partial charge in [0.05, 0.1) is 0 Å². The molecule has 0 aliphatic carbocycles. The predicted octanol–water partition coefficient (Wildman–Crippen LogP) is 3.39. The van der Waals surface area contributed by atoms with Crippen molar-refractivity contribution in [3.05, 3.63) is 6.33 Å². The van der Waals surface area contributed by atoms with Crippen LogP contribution in [0.5, 0.6) is 0 Å². The van der Waals surface area contributed by atoms with Crippen LogP contribution in [-0.4, -0.2) is 28.6 Å². The molecule has 0 atom stereocenters. The molecule has 0 bridgehead atoms. The maximum atomic E-state index is 6.31. The van der Waals surface area contributed by atoms with Gasteiger partial charge in [0.2, 0.25) is 0 Å². The zero-order valence-electron chi connectivity index (χ0n) is 14.6. The first-order valence-corrected chi connectivity index (χ1v) is 7.73. The van der Waals surface area contributed by atoms with E-state index < -0.39 is 0 Å². The number of nitrogen functional groups attached to an aromatic ring is 1. The summed E-state index contributed by atoms with van der Waals surface area (Å²) >= 11 is 0. The summed E-state index contributed by atoms with van der Waals surface area (Å²) in [6.45, 7) is 17.0. The van der Waals surface area contributed by atoms with Gasteiger partial charge in [0.25, 0.3) is 0 Å². The number of hydrogen-bond donors (Lipinski definition) is 2. The highest BCUT2D eigenvalue weighted by Crippen LogP contribution is 2.29. The van der Waals surface area contributed by atoms with Gasteiger partial charge in [-0.15, -0.1) is 0 Å². The zero-order chi connectivity index (χ0) is 16.2. The standard InChI is InChI=1S/C16H31N5/c1-11(2)8-21(9-12(3)4)15-13(17)14(18-10-19-15)20-16(5,6)7/h10-12H,8-9,17H2,1-7H3,(H,18,19,20). The topological polar surface area (TPSA) is 67.1 Å². The van der Waals surface area contributed by atoms with Crippen LogP contribution in [0.3, 0.4) is 0 Å². The molecule has 0 spiro atoms. The molecule has 120 valence electrons. The molecule has 1 rings (SSSR count). The first-order valence-electron chi connectivity index (χ1n) is 7.73. The summed E-state index contributed by atoms with van der Waals surface area (Å²) < 4.78 is 0. The van der Waals surface area contributed by atoms with Crippen molar-refractivity contribution < 1.29 is 0 Å². The molecule has 0 radical (unpaired) electrons. The Morgan fingerprint density at radius 3 is 2.05 bits per heavy atom. The predicted molar refractivity (Wildman–Crippen MR) is 91.7 cm³/mol. The Bertz CT molecular complexity index is 438. The molecule has 1 aromatic heterocycles. The van der Waals surface area contributed by atoms with Crippen molar-refractivity contribution in [2.75, 3.05) is 29.0 Å². The van der Waals surface area contributed by atoms with Gasteiger partial charge in [-0.25, -0.2) is 9.97 Å². The molecule has 1 heterocycles. The number of nitrogens with one attached hydrogen (secondary N) is 1. The van der Waals surface area contributed by atoms with Gasteiger partial charge in [0.1, 0.15) is 12.0 Å². The van der Waals surface area contributed by atoms with E-state index in [1.807, 2.05) is 0 Å². The first-order chi connectivity index (χ1) is 9.60. The average Bonchev–Trinajstić information content (AvgIpc) is 2.28. The van der Waals surface area contributed by atoms with Crippen LogP contribution >= 0.6 is 0 Å². The molecular formula is C16H31N5. The number of nitrogens with zero attached hydrogens (tertiary/aromatic N) is 3. The van der Waals surface area contributed by atoms with Crippen LogP contribution in [0.25, 0.3) is 0 Å². The third kappa shape index (κ3) is 5.78. The molecule has 0 aromatic carbocycles. The molecule has 0 aliphatic heterocycles. The summed E-state index contributed by atoms with van der Waals surface area (Å²) in [4.78, 5) is 11.0. The van der Waals surface area contributed by atoms with Gasteiger partial charge in [-0.3, -0.25) is 0 Å². The normalized spacial score (nSPS) is 12.0. The number of aromatic nitrogens is 2. The maximum Gasteiger partial charge on any atom is 0.157 e. The second kappa shape index (κ2) is 6.96. The lowest BCUT2D eigenvalue weighted by Gasteiger charge is -2.30. The number of hydrogen-bond acceptors (Lipinski definition) is 5. The minimum absolute atomic E-state index is 0.0827. The van der Waals surface area contributed by atoms with E-state index in [0.29, 0.717) is 23.3 Å². The molecule has 0 unspecified atom stereocenters. The van der Waals surface area contributed by atoms with E-state index in [-0.39, 0.29) is 5.54 Å². The monoisotopic (exact) mass is 293 g/mol. The lowest BCUT2D eigenvalue weighted by molar-refractivity contribution is 0.549. The second-order valence-electron chi connectivity index (χ2n) is 7.53. The SMILES string of the molecule is CC(C)CN(CC(C)C)c1ncnc(NC(C)(C)C)c1N. The van der Waals surface area contributed by atoms with Crippen LogP contribution in [0.2, 0.25) is 0 Å². The van der Waals surface area contributed by atoms with E-state index in [4.69, 9.17) is 5.73 Å². The largest absolute Gasteiger partial charge is 0.393 e. The van der Waals surface area contributed by atoms with Crippen LogP contribution in [0.1, 0.15) is 48.5 Å². The van der Waals surface area contributed by atoms with Crippen LogP contribution in [0.4, 0.5) is 17.3 Å². The fourth-order valence-corrected chi connectivity index (χ4v) is 2.22. The van der Waals surface area contributed by atoms with E-state index in [1.165, 1.54) is 0 Å². The highest BCUT2D eigenvalue weighted by atomic mass is 15.2. The molecule has 0 fully saturated rings. The third-order valence-electron chi connectivity index (χ3n) is 2.83. The summed E-state index contributed by atoms with van der Waals surface area (Å²) in [5.74, 6) is 2.65. The molecule has 21 heavy (non-hydrogen) atoms. The average molecular weight is 293 g/mol. The molecule has 0 aliphatic rings. The smallest absolute Gasteiger partial charge is 0.157 e. The van der Waals surface area contributed by atoms with Crippen molar-refractivity contribution in [2.45, 2.75) is 54.0 Å². The minimum atomic E-state index is -0.0827. The lowest BCUT2D eigenvalue weighted by atomic mass is 10.1. The highest BCUT2D eigenvalue weighted by Gasteiger charge is 2.19. The molecular weight excluding hydrogens is 262 g/mol. The third-order valence-corrected chi connectivity index (χ3v) is 2.83. The van der Waals surface area contributed by atoms with Crippen molar-refractivity contribution in [2.24, 2.45) is 11.8 Å². The van der Waals surface area contributed by atoms with E-state index >= 15 is 0 Å². The molecule has 1 aromatic rings. The van der Waals surface area contributed by atoms with Crippen LogP contribution in [0, 0.1) is 11.8 Å². The van der Waals surface area contributed by atoms with Crippen LogP contribution in [-0.2, 0) is 0 Å². The van der Waals surface area contributed by atoms with E-state index in [1.54, 1.807) is 6.33 Å². The van der Waals surface area contributed by atoms with Gasteiger partial charge in [0.15, 0.2) is 11.6 Å². The Labute approximate surface area is 129 Å². The van der Waals surface area contributed by atoms with Gasteiger partial charge < -0.3 is 16.0 Å². The zero-order valence-corrected chi connectivity index (χ0v) is 14.6. The second-order valence-corrected chi connectivity index (χ2v) is 7.53. The Kier molecular flexibility index (Phi) is 5.81. The maximum absolute atomic E-state index is 6.31. The molecule has 3 N–H and O–H groups in total. The number of anilines is 3. The van der Waals surface area contributed by atoms with E-state index in [9.17, 15) is 0 Å². The van der Waals surface area contributed by atoms with Crippen molar-refractivity contribution in [1.82, 2.24) is 9.97 Å². The Hall–Kier alpha value is -1.52. The van der Waals surface area contributed by atoms with Crippen LogP contribution < -0.4 is 16.0 Å². The molecule has 0 amide bonds. The summed E-state index contributed by atoms with van der Waals surface area (Å²) in [5.41, 5.74) is 6.86. The minimum Gasteiger partial charge on any atom is -0.393 e. The van der Waals surface area contributed by atoms with Gasteiger partial charge in [-0.2, -0.15) is 0 Å². The first kappa shape index (κ1) is 17.5. The Balaban J connectivity index is 3.10. The van der Waals surface area contributed by atoms with Gasteiger partial charge in [0, 0.05) is 18.6 Å². The fraction of sp³-hybridized carbons (Fsp3) is 0.750. The lowest BCUT2D eigenvalue weighted by Crippen LogP contribution is -2.33. The molecule has 0 saturated carbocycles. The van der Waals surface area contributed by atoms with Crippen molar-refractivity contribution in [3.8, 4) is 0 Å². The van der Waals surface area contributed by atoms with Crippen molar-refractivity contribution >= 4 is 17.3 Å². The van der Waals surface area contributed by atoms with Crippen molar-refractivity contribution in [3.63, 3.8) is 0 Å². The molecule has 5 heteroatoms. The van der Waals surface area contributed by atoms with Gasteiger partial charge in [-0.05, 0) is 32.6 Å². The Morgan fingerprint density at radius 2 is 1.62 bits per heavy atom. The summed E-state index contributed by atoms with van der Waals surface area (Å²) in [5, 5.41) is 3.35. The highest BCUT2D eigenvalue weighted by molar-refractivity contribution is 5.75. The molecule has 0 saturated heterocycles. The van der Waals surface area contributed by atoms with E-state index in [0.717, 1.165) is 18.9 Å². The van der Waals surface area contributed by atoms with E-state index in [2.05, 4.69) is 68.7 Å². The summed E-state index contributed by atoms with van der Waals surface area (Å²) in [7, 11) is 0. The quantitative estimate of drug-likeness (QED) is 0.841. The van der Waals surface area contributed by atoms with Gasteiger partial charge in [-0.1, -0.05) is 27.7 Å². The number of rotatable bonds is 6. The van der Waals surface area contributed by atoms with Crippen molar-refractivity contribution in [1.29, 1.82) is 0 Å².